The van der Waals surface area contributed by atoms with E-state index in [9.17, 15) is 4.79 Å². The third kappa shape index (κ3) is 2.12. The van der Waals surface area contributed by atoms with E-state index in [4.69, 9.17) is 9.47 Å². The number of esters is 1. The maximum absolute atomic E-state index is 11.7. The molecular weight excluding hydrogens is 228 g/mol. The molecule has 0 saturated heterocycles. The molecule has 0 heterocycles. The van der Waals surface area contributed by atoms with Gasteiger partial charge in [-0.3, -0.25) is 4.79 Å². The van der Waals surface area contributed by atoms with Gasteiger partial charge in [0.15, 0.2) is 0 Å². The highest BCUT2D eigenvalue weighted by Gasteiger charge is 2.61. The summed E-state index contributed by atoms with van der Waals surface area (Å²) in [5.74, 6) is 0.0160. The van der Waals surface area contributed by atoms with Crippen molar-refractivity contribution in [1.82, 2.24) is 0 Å². The summed E-state index contributed by atoms with van der Waals surface area (Å²) in [5.41, 5.74) is 2.78. The van der Waals surface area contributed by atoms with Gasteiger partial charge in [-0.15, -0.1) is 0 Å². The first-order chi connectivity index (χ1) is 8.69. The Kier molecular flexibility index (Phi) is 3.91. The number of rotatable bonds is 3. The van der Waals surface area contributed by atoms with E-state index in [0.29, 0.717) is 6.61 Å². The maximum Gasteiger partial charge on any atom is 0.309 e. The van der Waals surface area contributed by atoms with Crippen molar-refractivity contribution >= 4 is 5.97 Å². The van der Waals surface area contributed by atoms with E-state index in [1.54, 1.807) is 7.11 Å². The van der Waals surface area contributed by atoms with Gasteiger partial charge in [-0.2, -0.15) is 0 Å². The average molecular weight is 250 g/mol. The molecule has 100 valence electrons. The summed E-state index contributed by atoms with van der Waals surface area (Å²) in [5, 5.41) is 0. The highest BCUT2D eigenvalue weighted by molar-refractivity contribution is 5.79. The van der Waals surface area contributed by atoms with Gasteiger partial charge in [0.25, 0.3) is 0 Å². The van der Waals surface area contributed by atoms with Crippen molar-refractivity contribution in [2.24, 2.45) is 11.3 Å². The van der Waals surface area contributed by atoms with E-state index in [-0.39, 0.29) is 17.3 Å². The molecule has 2 saturated carbocycles. The number of hydrogen-bond acceptors (Lipinski definition) is 3. The molecule has 2 unspecified atom stereocenters. The Morgan fingerprint density at radius 2 is 2.28 bits per heavy atom. The quantitative estimate of drug-likeness (QED) is 0.722. The van der Waals surface area contributed by atoms with Crippen molar-refractivity contribution in [1.29, 1.82) is 0 Å². The highest BCUT2D eigenvalue weighted by atomic mass is 16.5. The lowest BCUT2D eigenvalue weighted by atomic mass is 9.76. The second-order valence-electron chi connectivity index (χ2n) is 5.18. The summed E-state index contributed by atoms with van der Waals surface area (Å²) in [4.78, 5) is 11.7. The van der Waals surface area contributed by atoms with Crippen molar-refractivity contribution in [2.45, 2.75) is 32.6 Å². The van der Waals surface area contributed by atoms with Crippen molar-refractivity contribution < 1.29 is 14.3 Å². The van der Waals surface area contributed by atoms with Gasteiger partial charge in [-0.25, -0.2) is 0 Å². The Morgan fingerprint density at radius 1 is 1.50 bits per heavy atom. The van der Waals surface area contributed by atoms with E-state index in [1.165, 1.54) is 18.3 Å². The molecule has 0 amide bonds. The van der Waals surface area contributed by atoms with Crippen LogP contribution < -0.4 is 0 Å². The minimum absolute atomic E-state index is 0.0534. The van der Waals surface area contributed by atoms with Crippen LogP contribution in [-0.4, -0.2) is 26.8 Å². The molecule has 0 radical (unpaired) electrons. The second kappa shape index (κ2) is 5.27. The molecule has 2 aliphatic carbocycles. The lowest BCUT2D eigenvalue weighted by Gasteiger charge is -2.29. The third-order valence-corrected chi connectivity index (χ3v) is 4.30. The first-order valence-electron chi connectivity index (χ1n) is 6.62. The van der Waals surface area contributed by atoms with Crippen LogP contribution in [0.1, 0.15) is 32.6 Å². The maximum atomic E-state index is 11.7. The first-order valence-corrected chi connectivity index (χ1v) is 6.62. The number of hydrogen-bond donors (Lipinski definition) is 0. The van der Waals surface area contributed by atoms with Gasteiger partial charge in [0.05, 0.1) is 19.6 Å². The number of methoxy groups -OCH3 is 2. The van der Waals surface area contributed by atoms with Gasteiger partial charge in [0.2, 0.25) is 0 Å². The molecular formula is C15H22O3. The van der Waals surface area contributed by atoms with Crippen LogP contribution in [0.4, 0.5) is 0 Å². The van der Waals surface area contributed by atoms with Gasteiger partial charge in [0, 0.05) is 12.5 Å². The molecule has 2 atom stereocenters. The molecule has 0 aliphatic heterocycles. The largest absolute Gasteiger partial charge is 0.469 e. The average Bonchev–Trinajstić information content (AvgIpc) is 3.10. The lowest BCUT2D eigenvalue weighted by molar-refractivity contribution is -0.143. The van der Waals surface area contributed by atoms with Crippen LogP contribution in [0, 0.1) is 11.3 Å². The smallest absolute Gasteiger partial charge is 0.309 e. The van der Waals surface area contributed by atoms with Crippen LogP contribution in [0.3, 0.4) is 0 Å². The number of ether oxygens (including phenoxy) is 2. The highest BCUT2D eigenvalue weighted by Crippen LogP contribution is 2.65. The number of carbonyl (C=O) groups is 1. The lowest BCUT2D eigenvalue weighted by Crippen LogP contribution is -2.20. The molecule has 0 aromatic carbocycles. The zero-order valence-electron chi connectivity index (χ0n) is 11.5. The Balaban J connectivity index is 2.20. The van der Waals surface area contributed by atoms with Gasteiger partial charge in [0.1, 0.15) is 0 Å². The molecule has 18 heavy (non-hydrogen) atoms. The molecule has 0 aromatic rings. The molecule has 0 aromatic heterocycles. The Bertz CT molecular complexity index is 395. The van der Waals surface area contributed by atoms with Crippen LogP contribution in [0.5, 0.6) is 0 Å². The molecule has 1 spiro atoms. The normalized spacial score (nSPS) is 35.2. The van der Waals surface area contributed by atoms with Crippen molar-refractivity contribution in [3.8, 4) is 0 Å². The molecule has 0 bridgehead atoms. The minimum Gasteiger partial charge on any atom is -0.469 e. The summed E-state index contributed by atoms with van der Waals surface area (Å²) < 4.78 is 10.0. The molecule has 3 heteroatoms. The summed E-state index contributed by atoms with van der Waals surface area (Å²) >= 11 is 0. The van der Waals surface area contributed by atoms with Crippen LogP contribution in [0.2, 0.25) is 0 Å². The van der Waals surface area contributed by atoms with Gasteiger partial charge in [-0.05, 0) is 43.8 Å². The zero-order valence-corrected chi connectivity index (χ0v) is 11.5. The minimum atomic E-state index is -0.0534. The summed E-state index contributed by atoms with van der Waals surface area (Å²) in [7, 11) is 3.19. The van der Waals surface area contributed by atoms with Crippen molar-refractivity contribution in [3.63, 3.8) is 0 Å². The predicted octanol–water partition coefficient (Wildman–Crippen LogP) is 2.87. The van der Waals surface area contributed by atoms with Crippen LogP contribution >= 0.6 is 0 Å². The first kappa shape index (κ1) is 13.3. The molecule has 2 rings (SSSR count). The fourth-order valence-corrected chi connectivity index (χ4v) is 3.38. The standard InChI is InChI=1S/C15H22O3/c1-4-12-11(7-9-17-2)6-5-8-15(12)10-13(15)14(16)18-3/h4,7,13H,5-6,8-10H2,1-3H3/b11-7-,12-4?. The SMILES string of the molecule is CC=C1/C(=C\COC)CCCC12CC2C(=O)OC. The van der Waals surface area contributed by atoms with Gasteiger partial charge < -0.3 is 9.47 Å². The summed E-state index contributed by atoms with van der Waals surface area (Å²) in [6.45, 7) is 2.71. The second-order valence-corrected chi connectivity index (χ2v) is 5.18. The van der Waals surface area contributed by atoms with E-state index in [0.717, 1.165) is 25.7 Å². The van der Waals surface area contributed by atoms with Crippen molar-refractivity contribution in [2.75, 3.05) is 20.8 Å². The Hall–Kier alpha value is -1.09. The fraction of sp³-hybridized carbons (Fsp3) is 0.667. The molecule has 2 aliphatic rings. The predicted molar refractivity (Wildman–Crippen MR) is 70.1 cm³/mol. The third-order valence-electron chi connectivity index (χ3n) is 4.30. The Labute approximate surface area is 109 Å². The van der Waals surface area contributed by atoms with Gasteiger partial charge >= 0.3 is 5.97 Å². The topological polar surface area (TPSA) is 35.5 Å². The van der Waals surface area contributed by atoms with Crippen LogP contribution in [-0.2, 0) is 14.3 Å². The molecule has 3 nitrogen and oxygen atoms in total. The van der Waals surface area contributed by atoms with E-state index >= 15 is 0 Å². The van der Waals surface area contributed by atoms with Crippen LogP contribution in [0.25, 0.3) is 0 Å². The summed E-state index contributed by atoms with van der Waals surface area (Å²) in [6.07, 6.45) is 8.63. The van der Waals surface area contributed by atoms with Crippen molar-refractivity contribution in [3.05, 3.63) is 23.3 Å². The Morgan fingerprint density at radius 3 is 2.89 bits per heavy atom. The monoisotopic (exact) mass is 250 g/mol. The van der Waals surface area contributed by atoms with E-state index in [1.807, 2.05) is 0 Å². The number of carbonyl (C=O) groups excluding carboxylic acids is 1. The van der Waals surface area contributed by atoms with E-state index < -0.39 is 0 Å². The fourth-order valence-electron chi connectivity index (χ4n) is 3.38. The molecule has 2 fully saturated rings. The summed E-state index contributed by atoms with van der Waals surface area (Å²) in [6, 6.07) is 0. The van der Waals surface area contributed by atoms with Crippen LogP contribution in [0.15, 0.2) is 23.3 Å². The zero-order chi connectivity index (χ0) is 13.2. The van der Waals surface area contributed by atoms with Gasteiger partial charge in [-0.1, -0.05) is 12.2 Å². The molecule has 0 N–H and O–H groups in total. The van der Waals surface area contributed by atoms with E-state index in [2.05, 4.69) is 19.1 Å². The number of allylic oxidation sites excluding steroid dienone is 3.